The first-order valence-electron chi connectivity index (χ1n) is 7.03. The second-order valence-corrected chi connectivity index (χ2v) is 4.86. The molecule has 0 aliphatic carbocycles. The van der Waals surface area contributed by atoms with Crippen LogP contribution >= 0.6 is 0 Å². The van der Waals surface area contributed by atoms with E-state index in [9.17, 15) is 0 Å². The van der Waals surface area contributed by atoms with E-state index in [2.05, 4.69) is 65.8 Å². The van der Waals surface area contributed by atoms with Gasteiger partial charge in [0.1, 0.15) is 0 Å². The number of benzene rings is 2. The van der Waals surface area contributed by atoms with Crippen LogP contribution in [-0.4, -0.2) is 4.98 Å². The maximum absolute atomic E-state index is 4.68. The summed E-state index contributed by atoms with van der Waals surface area (Å²) in [7, 11) is 0. The molecule has 1 aromatic heterocycles. The molecule has 0 aliphatic heterocycles. The van der Waals surface area contributed by atoms with Gasteiger partial charge in [0.2, 0.25) is 0 Å². The van der Waals surface area contributed by atoms with Crippen LogP contribution in [0.2, 0.25) is 0 Å². The Kier molecular flexibility index (Phi) is 3.64. The molecule has 0 saturated carbocycles. The van der Waals surface area contributed by atoms with Crippen molar-refractivity contribution in [3.8, 4) is 0 Å². The molecular weight excluding hydrogens is 244 g/mol. The molecule has 1 heterocycles. The fourth-order valence-corrected chi connectivity index (χ4v) is 2.39. The fraction of sp³-hybridized carbons (Fsp3) is 0.167. The highest BCUT2D eigenvalue weighted by molar-refractivity contribution is 5.78. The minimum Gasteiger partial charge on any atom is -0.379 e. The lowest BCUT2D eigenvalue weighted by Crippen LogP contribution is -2.03. The summed E-state index contributed by atoms with van der Waals surface area (Å²) in [6, 6.07) is 20.9. The maximum Gasteiger partial charge on any atom is 0.0706 e. The van der Waals surface area contributed by atoms with Crippen molar-refractivity contribution < 1.29 is 0 Å². The topological polar surface area (TPSA) is 24.9 Å². The number of hydrogen-bond donors (Lipinski definition) is 1. The number of aryl methyl sites for hydroxylation is 1. The number of para-hydroxylation sites is 2. The van der Waals surface area contributed by atoms with E-state index in [4.69, 9.17) is 0 Å². The van der Waals surface area contributed by atoms with Gasteiger partial charge in [0.25, 0.3) is 0 Å². The van der Waals surface area contributed by atoms with Crippen molar-refractivity contribution in [2.45, 2.75) is 19.9 Å². The fourth-order valence-electron chi connectivity index (χ4n) is 2.39. The highest BCUT2D eigenvalue weighted by Crippen LogP contribution is 2.17. The quantitative estimate of drug-likeness (QED) is 0.753. The molecule has 3 aromatic rings. The lowest BCUT2D eigenvalue weighted by atomic mass is 10.1. The third-order valence-corrected chi connectivity index (χ3v) is 3.51. The van der Waals surface area contributed by atoms with E-state index in [1.54, 1.807) is 0 Å². The molecular formula is C18H18N2. The molecule has 0 atom stereocenters. The molecule has 2 aromatic carbocycles. The second kappa shape index (κ2) is 5.74. The average Bonchev–Trinajstić information content (AvgIpc) is 2.53. The molecule has 0 aliphatic rings. The van der Waals surface area contributed by atoms with Gasteiger partial charge in [-0.1, -0.05) is 49.4 Å². The highest BCUT2D eigenvalue weighted by atomic mass is 14.9. The zero-order valence-electron chi connectivity index (χ0n) is 11.6. The van der Waals surface area contributed by atoms with E-state index in [0.717, 1.165) is 24.2 Å². The number of pyridine rings is 1. The van der Waals surface area contributed by atoms with Gasteiger partial charge in [-0.3, -0.25) is 4.98 Å². The average molecular weight is 262 g/mol. The van der Waals surface area contributed by atoms with Gasteiger partial charge in [-0.2, -0.15) is 0 Å². The molecule has 20 heavy (non-hydrogen) atoms. The Labute approximate surface area is 119 Å². The summed E-state index contributed by atoms with van der Waals surface area (Å²) in [6.07, 6.45) is 1.04. The molecule has 1 N–H and O–H groups in total. The molecule has 0 fully saturated rings. The third kappa shape index (κ3) is 2.64. The lowest BCUT2D eigenvalue weighted by molar-refractivity contribution is 1.05. The Morgan fingerprint density at radius 1 is 0.900 bits per heavy atom. The molecule has 3 rings (SSSR count). The van der Waals surface area contributed by atoms with Gasteiger partial charge in [-0.25, -0.2) is 0 Å². The van der Waals surface area contributed by atoms with Crippen molar-refractivity contribution in [1.82, 2.24) is 4.98 Å². The number of rotatable bonds is 4. The number of nitrogens with one attached hydrogen (secondary N) is 1. The molecule has 0 saturated heterocycles. The standard InChI is InChI=1S/C18H18N2/c1-2-14-7-3-5-9-17(14)19-13-16-12-11-15-8-4-6-10-18(15)20-16/h3-12,19H,2,13H2,1H3. The largest absolute Gasteiger partial charge is 0.379 e. The van der Waals surface area contributed by atoms with Crippen LogP contribution in [0.5, 0.6) is 0 Å². The first-order valence-corrected chi connectivity index (χ1v) is 7.03. The minimum absolute atomic E-state index is 0.752. The summed E-state index contributed by atoms with van der Waals surface area (Å²) in [5, 5.41) is 4.67. The summed E-state index contributed by atoms with van der Waals surface area (Å²) in [6.45, 7) is 2.93. The number of fused-ring (bicyclic) bond motifs is 1. The lowest BCUT2D eigenvalue weighted by Gasteiger charge is -2.10. The minimum atomic E-state index is 0.752. The molecule has 0 radical (unpaired) electrons. The molecule has 0 spiro atoms. The third-order valence-electron chi connectivity index (χ3n) is 3.51. The van der Waals surface area contributed by atoms with Crippen LogP contribution < -0.4 is 5.32 Å². The molecule has 0 amide bonds. The van der Waals surface area contributed by atoms with Gasteiger partial charge >= 0.3 is 0 Å². The van der Waals surface area contributed by atoms with Gasteiger partial charge in [0.15, 0.2) is 0 Å². The summed E-state index contributed by atoms with van der Waals surface area (Å²) in [5.41, 5.74) is 4.66. The van der Waals surface area contributed by atoms with Crippen LogP contribution in [-0.2, 0) is 13.0 Å². The second-order valence-electron chi connectivity index (χ2n) is 4.86. The molecule has 2 nitrogen and oxygen atoms in total. The van der Waals surface area contributed by atoms with Crippen LogP contribution in [0.1, 0.15) is 18.2 Å². The molecule has 100 valence electrons. The van der Waals surface area contributed by atoms with Crippen molar-refractivity contribution in [2.24, 2.45) is 0 Å². The Bertz CT molecular complexity index is 719. The van der Waals surface area contributed by atoms with Gasteiger partial charge in [-0.15, -0.1) is 0 Å². The summed E-state index contributed by atoms with van der Waals surface area (Å²) in [5.74, 6) is 0. The molecule has 0 unspecified atom stereocenters. The Morgan fingerprint density at radius 3 is 2.60 bits per heavy atom. The van der Waals surface area contributed by atoms with E-state index in [-0.39, 0.29) is 0 Å². The Morgan fingerprint density at radius 2 is 1.70 bits per heavy atom. The van der Waals surface area contributed by atoms with Crippen molar-refractivity contribution in [2.75, 3.05) is 5.32 Å². The Balaban J connectivity index is 1.79. The van der Waals surface area contributed by atoms with E-state index >= 15 is 0 Å². The first-order chi connectivity index (χ1) is 9.86. The van der Waals surface area contributed by atoms with E-state index in [0.29, 0.717) is 0 Å². The highest BCUT2D eigenvalue weighted by Gasteiger charge is 2.01. The monoisotopic (exact) mass is 262 g/mol. The maximum atomic E-state index is 4.68. The predicted molar refractivity (Wildman–Crippen MR) is 84.9 cm³/mol. The van der Waals surface area contributed by atoms with Crippen molar-refractivity contribution in [3.63, 3.8) is 0 Å². The zero-order chi connectivity index (χ0) is 13.8. The van der Waals surface area contributed by atoms with E-state index < -0.39 is 0 Å². The van der Waals surface area contributed by atoms with Crippen LogP contribution in [0.3, 0.4) is 0 Å². The van der Waals surface area contributed by atoms with Gasteiger partial charge in [0.05, 0.1) is 17.8 Å². The number of aromatic nitrogens is 1. The summed E-state index contributed by atoms with van der Waals surface area (Å²) in [4.78, 5) is 4.68. The van der Waals surface area contributed by atoms with Gasteiger partial charge in [0, 0.05) is 11.1 Å². The summed E-state index contributed by atoms with van der Waals surface area (Å²) >= 11 is 0. The molecule has 0 bridgehead atoms. The number of anilines is 1. The van der Waals surface area contributed by atoms with Crippen LogP contribution in [0, 0.1) is 0 Å². The van der Waals surface area contributed by atoms with Crippen molar-refractivity contribution in [3.05, 3.63) is 71.9 Å². The van der Waals surface area contributed by atoms with Crippen molar-refractivity contribution >= 4 is 16.6 Å². The van der Waals surface area contributed by atoms with Crippen LogP contribution in [0.15, 0.2) is 60.7 Å². The normalized spacial score (nSPS) is 10.7. The van der Waals surface area contributed by atoms with Gasteiger partial charge in [-0.05, 0) is 30.2 Å². The SMILES string of the molecule is CCc1ccccc1NCc1ccc2ccccc2n1. The zero-order valence-corrected chi connectivity index (χ0v) is 11.6. The predicted octanol–water partition coefficient (Wildman–Crippen LogP) is 4.41. The number of hydrogen-bond acceptors (Lipinski definition) is 2. The first kappa shape index (κ1) is 12.7. The smallest absolute Gasteiger partial charge is 0.0706 e. The Hall–Kier alpha value is -2.35. The van der Waals surface area contributed by atoms with Crippen LogP contribution in [0.25, 0.3) is 10.9 Å². The van der Waals surface area contributed by atoms with E-state index in [1.165, 1.54) is 16.6 Å². The number of nitrogens with zero attached hydrogens (tertiary/aromatic N) is 1. The molecule has 2 heteroatoms. The van der Waals surface area contributed by atoms with Crippen LogP contribution in [0.4, 0.5) is 5.69 Å². The van der Waals surface area contributed by atoms with Crippen molar-refractivity contribution in [1.29, 1.82) is 0 Å². The van der Waals surface area contributed by atoms with E-state index in [1.807, 2.05) is 12.1 Å². The van der Waals surface area contributed by atoms with Gasteiger partial charge < -0.3 is 5.32 Å². The summed E-state index contributed by atoms with van der Waals surface area (Å²) < 4.78 is 0.